The van der Waals surface area contributed by atoms with Crippen LogP contribution < -0.4 is 11.1 Å². The molecule has 0 atom stereocenters. The number of nitrogens with one attached hydrogen (secondary N) is 2. The average Bonchev–Trinajstić information content (AvgIpc) is 3.07. The molecule has 0 unspecified atom stereocenters. The largest absolute Gasteiger partial charge is 0.293 e. The molecule has 3 aromatic heterocycles. The van der Waals surface area contributed by atoms with Crippen molar-refractivity contribution in [3.63, 3.8) is 0 Å². The minimum Gasteiger partial charge on any atom is -0.293 e. The first-order chi connectivity index (χ1) is 14.1. The maximum absolute atomic E-state index is 12.7. The van der Waals surface area contributed by atoms with Crippen molar-refractivity contribution in [2.45, 2.75) is 13.3 Å². The van der Waals surface area contributed by atoms with E-state index in [2.05, 4.69) is 15.3 Å². The maximum Gasteiger partial charge on any atom is 0.272 e. The zero-order valence-corrected chi connectivity index (χ0v) is 15.6. The van der Waals surface area contributed by atoms with Gasteiger partial charge in [0.2, 0.25) is 0 Å². The number of aromatic amines is 2. The zero-order chi connectivity index (χ0) is 20.0. The van der Waals surface area contributed by atoms with Gasteiger partial charge in [0, 0.05) is 29.1 Å². The van der Waals surface area contributed by atoms with Gasteiger partial charge in [-0.25, -0.2) is 14.6 Å². The Morgan fingerprint density at radius 2 is 1.69 bits per heavy atom. The molecule has 0 radical (unpaired) electrons. The highest BCUT2D eigenvalue weighted by molar-refractivity contribution is 5.84. The molecule has 3 heterocycles. The molecule has 2 aromatic carbocycles. The van der Waals surface area contributed by atoms with E-state index in [1.165, 1.54) is 10.6 Å². The van der Waals surface area contributed by atoms with E-state index in [9.17, 15) is 9.59 Å². The van der Waals surface area contributed by atoms with Gasteiger partial charge in [-0.3, -0.25) is 14.7 Å². The lowest BCUT2D eigenvalue weighted by atomic mass is 10.1. The van der Waals surface area contributed by atoms with Crippen molar-refractivity contribution < 1.29 is 0 Å². The second kappa shape index (κ2) is 6.56. The Kier molecular flexibility index (Phi) is 3.87. The monoisotopic (exact) mass is 383 g/mol. The third kappa shape index (κ3) is 2.84. The Morgan fingerprint density at radius 3 is 2.48 bits per heavy atom. The van der Waals surface area contributed by atoms with Crippen LogP contribution in [0.15, 0.2) is 70.3 Å². The first-order valence-corrected chi connectivity index (χ1v) is 9.25. The molecule has 0 aliphatic heterocycles. The van der Waals surface area contributed by atoms with Crippen LogP contribution in [0, 0.1) is 6.92 Å². The van der Waals surface area contributed by atoms with Gasteiger partial charge in [-0.2, -0.15) is 5.10 Å². The van der Waals surface area contributed by atoms with Crippen LogP contribution in [0.2, 0.25) is 0 Å². The summed E-state index contributed by atoms with van der Waals surface area (Å²) >= 11 is 0. The van der Waals surface area contributed by atoms with Crippen LogP contribution in [0.1, 0.15) is 17.1 Å². The van der Waals surface area contributed by atoms with Crippen molar-refractivity contribution in [2.24, 2.45) is 0 Å². The van der Waals surface area contributed by atoms with E-state index in [-0.39, 0.29) is 11.1 Å². The second-order valence-corrected chi connectivity index (χ2v) is 6.94. The molecular weight excluding hydrogens is 366 g/mol. The second-order valence-electron chi connectivity index (χ2n) is 6.94. The van der Waals surface area contributed by atoms with Crippen LogP contribution in [0.3, 0.4) is 0 Å². The summed E-state index contributed by atoms with van der Waals surface area (Å²) in [6, 6.07) is 18.6. The van der Waals surface area contributed by atoms with E-state index in [0.717, 1.165) is 22.2 Å². The number of aromatic nitrogens is 5. The Hall–Kier alpha value is -4.00. The van der Waals surface area contributed by atoms with Gasteiger partial charge >= 0.3 is 0 Å². The Balaban J connectivity index is 1.69. The fourth-order valence-corrected chi connectivity index (χ4v) is 3.72. The highest BCUT2D eigenvalue weighted by Crippen LogP contribution is 2.26. The molecule has 0 fully saturated rings. The summed E-state index contributed by atoms with van der Waals surface area (Å²) in [5.41, 5.74) is 4.16. The Labute approximate surface area is 164 Å². The lowest BCUT2D eigenvalue weighted by Gasteiger charge is -2.06. The lowest BCUT2D eigenvalue weighted by Crippen LogP contribution is -2.17. The molecule has 142 valence electrons. The third-order valence-electron chi connectivity index (χ3n) is 5.04. The standard InChI is InChI=1S/C22H17N5O2/c1-13-20(14-7-3-2-4-8-14)21-23-15(12-19(28)27(21)26-13)11-18-16-9-5-6-10-17(16)22(29)25-24-18/h2-10,12,26H,11H2,1H3,(H,25,29). The van der Waals surface area contributed by atoms with E-state index < -0.39 is 0 Å². The molecule has 7 nitrogen and oxygen atoms in total. The first kappa shape index (κ1) is 17.1. The van der Waals surface area contributed by atoms with Gasteiger partial charge in [0.25, 0.3) is 11.1 Å². The number of benzene rings is 2. The molecule has 0 spiro atoms. The van der Waals surface area contributed by atoms with E-state index in [0.29, 0.717) is 28.8 Å². The molecule has 0 saturated carbocycles. The quantitative estimate of drug-likeness (QED) is 0.501. The number of nitrogens with zero attached hydrogens (tertiary/aromatic N) is 3. The third-order valence-corrected chi connectivity index (χ3v) is 5.04. The van der Waals surface area contributed by atoms with Crippen molar-refractivity contribution in [1.82, 2.24) is 24.8 Å². The molecule has 0 aliphatic rings. The van der Waals surface area contributed by atoms with Gasteiger partial charge in [0.15, 0.2) is 5.65 Å². The van der Waals surface area contributed by atoms with E-state index >= 15 is 0 Å². The molecule has 0 aliphatic carbocycles. The van der Waals surface area contributed by atoms with Crippen LogP contribution in [0.25, 0.3) is 27.5 Å². The number of hydrogen-bond donors (Lipinski definition) is 2. The summed E-state index contributed by atoms with van der Waals surface area (Å²) in [4.78, 5) is 29.5. The average molecular weight is 383 g/mol. The van der Waals surface area contributed by atoms with Gasteiger partial charge < -0.3 is 0 Å². The summed E-state index contributed by atoms with van der Waals surface area (Å²) in [5, 5.41) is 11.2. The summed E-state index contributed by atoms with van der Waals surface area (Å²) in [6.07, 6.45) is 0.335. The van der Waals surface area contributed by atoms with Gasteiger partial charge in [0.05, 0.1) is 16.8 Å². The number of rotatable bonds is 3. The fourth-order valence-electron chi connectivity index (χ4n) is 3.72. The van der Waals surface area contributed by atoms with Crippen molar-refractivity contribution in [1.29, 1.82) is 0 Å². The maximum atomic E-state index is 12.7. The van der Waals surface area contributed by atoms with E-state index in [1.807, 2.05) is 55.5 Å². The van der Waals surface area contributed by atoms with Crippen molar-refractivity contribution in [3.05, 3.63) is 98.5 Å². The smallest absolute Gasteiger partial charge is 0.272 e. The van der Waals surface area contributed by atoms with Gasteiger partial charge in [-0.05, 0) is 18.6 Å². The summed E-state index contributed by atoms with van der Waals surface area (Å²) < 4.78 is 1.46. The topological polar surface area (TPSA) is 95.9 Å². The molecule has 0 amide bonds. The van der Waals surface area contributed by atoms with Crippen LogP contribution in [-0.2, 0) is 6.42 Å². The molecule has 5 rings (SSSR count). The van der Waals surface area contributed by atoms with Gasteiger partial charge in [-0.1, -0.05) is 48.5 Å². The van der Waals surface area contributed by atoms with E-state index in [4.69, 9.17) is 4.98 Å². The van der Waals surface area contributed by atoms with Crippen LogP contribution in [-0.4, -0.2) is 24.8 Å². The van der Waals surface area contributed by atoms with Crippen LogP contribution in [0.4, 0.5) is 0 Å². The Bertz CT molecular complexity index is 1480. The van der Waals surface area contributed by atoms with E-state index in [1.54, 1.807) is 6.07 Å². The molecule has 5 aromatic rings. The van der Waals surface area contributed by atoms with Crippen LogP contribution >= 0.6 is 0 Å². The molecule has 7 heteroatoms. The predicted octanol–water partition coefficient (Wildman–Crippen LogP) is 2.83. The summed E-state index contributed by atoms with van der Waals surface area (Å²) in [5.74, 6) is 0. The normalized spacial score (nSPS) is 11.3. The number of hydrogen-bond acceptors (Lipinski definition) is 4. The molecule has 0 saturated heterocycles. The molecule has 0 bridgehead atoms. The summed E-state index contributed by atoms with van der Waals surface area (Å²) in [7, 11) is 0. The minimum atomic E-state index is -0.236. The fraction of sp³-hybridized carbons (Fsp3) is 0.0909. The van der Waals surface area contributed by atoms with Crippen molar-refractivity contribution in [2.75, 3.05) is 0 Å². The van der Waals surface area contributed by atoms with Crippen LogP contribution in [0.5, 0.6) is 0 Å². The van der Waals surface area contributed by atoms with Crippen molar-refractivity contribution >= 4 is 16.4 Å². The zero-order valence-electron chi connectivity index (χ0n) is 15.6. The summed E-state index contributed by atoms with van der Waals surface area (Å²) in [6.45, 7) is 1.92. The predicted molar refractivity (Wildman–Crippen MR) is 111 cm³/mol. The lowest BCUT2D eigenvalue weighted by molar-refractivity contribution is 0.856. The number of fused-ring (bicyclic) bond motifs is 2. The Morgan fingerprint density at radius 1 is 0.966 bits per heavy atom. The molecular formula is C22H17N5O2. The number of aryl methyl sites for hydroxylation is 1. The van der Waals surface area contributed by atoms with Crippen molar-refractivity contribution in [3.8, 4) is 11.1 Å². The van der Waals surface area contributed by atoms with Gasteiger partial charge in [-0.15, -0.1) is 0 Å². The van der Waals surface area contributed by atoms with Gasteiger partial charge in [0.1, 0.15) is 0 Å². The molecule has 29 heavy (non-hydrogen) atoms. The SMILES string of the molecule is Cc1[nH]n2c(=O)cc(Cc3n[nH]c(=O)c4ccccc34)nc2c1-c1ccccc1. The first-order valence-electron chi connectivity index (χ1n) is 9.25. The minimum absolute atomic E-state index is 0.191. The highest BCUT2D eigenvalue weighted by Gasteiger charge is 2.16. The molecule has 2 N–H and O–H groups in total. The highest BCUT2D eigenvalue weighted by atomic mass is 16.1. The number of H-pyrrole nitrogens is 2.